The number of hydrogen-bond acceptors (Lipinski definition) is 6. The Kier molecular flexibility index (Phi) is 3.25. The smallest absolute Gasteiger partial charge is 0.305 e. The first-order valence-electron chi connectivity index (χ1n) is 5.19. The second kappa shape index (κ2) is 4.84. The number of hydrogen-bond donors (Lipinski definition) is 2. The molecule has 0 bridgehead atoms. The zero-order valence-electron chi connectivity index (χ0n) is 8.72. The largest absolute Gasteiger partial charge is 0.353 e. The predicted octanol–water partition coefficient (Wildman–Crippen LogP) is 0.549. The van der Waals surface area contributed by atoms with Gasteiger partial charge in [0.05, 0.1) is 4.92 Å². The van der Waals surface area contributed by atoms with Gasteiger partial charge in [0.15, 0.2) is 0 Å². The lowest BCUT2D eigenvalue weighted by Crippen LogP contribution is -2.29. The lowest BCUT2D eigenvalue weighted by atomic mass is 10.2. The fourth-order valence-corrected chi connectivity index (χ4v) is 1.65. The van der Waals surface area contributed by atoms with Gasteiger partial charge in [-0.05, 0) is 19.4 Å². The van der Waals surface area contributed by atoms with Crippen LogP contribution >= 0.6 is 0 Å². The van der Waals surface area contributed by atoms with Crippen LogP contribution < -0.4 is 10.6 Å². The number of nitrogens with one attached hydrogen (secondary N) is 2. The maximum absolute atomic E-state index is 10.4. The van der Waals surface area contributed by atoms with Gasteiger partial charge in [-0.2, -0.15) is 0 Å². The van der Waals surface area contributed by atoms with Crippen LogP contribution in [0.3, 0.4) is 0 Å². The van der Waals surface area contributed by atoms with Crippen LogP contribution in [0.15, 0.2) is 12.4 Å². The lowest BCUT2D eigenvalue weighted by molar-refractivity contribution is -0.385. The van der Waals surface area contributed by atoms with Crippen molar-refractivity contribution in [2.24, 2.45) is 0 Å². The van der Waals surface area contributed by atoms with E-state index in [1.165, 1.54) is 18.8 Å². The minimum atomic E-state index is -0.512. The summed E-state index contributed by atoms with van der Waals surface area (Å²) in [6.45, 7) is 1.80. The van der Waals surface area contributed by atoms with E-state index < -0.39 is 4.92 Å². The highest BCUT2D eigenvalue weighted by molar-refractivity contribution is 5.30. The van der Waals surface area contributed by atoms with Crippen molar-refractivity contribution >= 4 is 11.6 Å². The minimum Gasteiger partial charge on any atom is -0.353 e. The molecule has 1 aliphatic rings. The summed E-state index contributed by atoms with van der Waals surface area (Å²) in [6.07, 6.45) is 4.74. The number of anilines is 1. The topological polar surface area (TPSA) is 93.0 Å². The Morgan fingerprint density at radius 3 is 2.88 bits per heavy atom. The van der Waals surface area contributed by atoms with Crippen LogP contribution in [0.5, 0.6) is 0 Å². The Morgan fingerprint density at radius 1 is 1.56 bits per heavy atom. The highest BCUT2D eigenvalue weighted by Gasteiger charge is 2.14. The molecular formula is C9H13N5O2. The molecule has 1 saturated heterocycles. The second-order valence-corrected chi connectivity index (χ2v) is 3.70. The van der Waals surface area contributed by atoms with E-state index >= 15 is 0 Å². The van der Waals surface area contributed by atoms with Crippen molar-refractivity contribution in [2.45, 2.75) is 18.9 Å². The Bertz CT molecular complexity index is 361. The zero-order valence-corrected chi connectivity index (χ0v) is 8.72. The Morgan fingerprint density at radius 2 is 2.31 bits per heavy atom. The third kappa shape index (κ3) is 2.63. The van der Waals surface area contributed by atoms with Gasteiger partial charge in [0.1, 0.15) is 12.4 Å². The summed E-state index contributed by atoms with van der Waals surface area (Å²) in [5, 5.41) is 16.7. The first kappa shape index (κ1) is 10.7. The number of nitro groups is 1. The van der Waals surface area contributed by atoms with Crippen LogP contribution in [0.1, 0.15) is 12.8 Å². The highest BCUT2D eigenvalue weighted by atomic mass is 16.6. The van der Waals surface area contributed by atoms with E-state index in [0.29, 0.717) is 12.0 Å². The van der Waals surface area contributed by atoms with Crippen molar-refractivity contribution in [1.82, 2.24) is 15.3 Å². The Labute approximate surface area is 92.4 Å². The van der Waals surface area contributed by atoms with Crippen LogP contribution in [0.2, 0.25) is 0 Å². The molecule has 0 spiro atoms. The SMILES string of the molecule is O=[N+]([O-])c1cnc(NCC2CCCN2)nc1. The van der Waals surface area contributed by atoms with E-state index in [1.807, 2.05) is 0 Å². The van der Waals surface area contributed by atoms with Crippen molar-refractivity contribution in [3.05, 3.63) is 22.5 Å². The molecule has 1 unspecified atom stereocenters. The fraction of sp³-hybridized carbons (Fsp3) is 0.556. The van der Waals surface area contributed by atoms with E-state index in [1.54, 1.807) is 0 Å². The minimum absolute atomic E-state index is 0.0930. The Balaban J connectivity index is 1.87. The Hall–Kier alpha value is -1.76. The molecule has 7 nitrogen and oxygen atoms in total. The van der Waals surface area contributed by atoms with Gasteiger partial charge in [-0.15, -0.1) is 0 Å². The molecule has 1 aromatic heterocycles. The molecule has 2 N–H and O–H groups in total. The first-order chi connectivity index (χ1) is 7.75. The molecule has 1 fully saturated rings. The van der Waals surface area contributed by atoms with Crippen molar-refractivity contribution in [1.29, 1.82) is 0 Å². The summed E-state index contributed by atoms with van der Waals surface area (Å²) in [6, 6.07) is 0.443. The molecule has 0 saturated carbocycles. The molecule has 1 atom stereocenters. The van der Waals surface area contributed by atoms with E-state index in [2.05, 4.69) is 20.6 Å². The molecular weight excluding hydrogens is 210 g/mol. The molecule has 2 heterocycles. The molecule has 7 heteroatoms. The summed E-state index contributed by atoms with van der Waals surface area (Å²) < 4.78 is 0. The molecule has 0 aliphatic carbocycles. The van der Waals surface area contributed by atoms with Gasteiger partial charge in [-0.3, -0.25) is 10.1 Å². The standard InChI is InChI=1S/C9H13N5O2/c15-14(16)8-5-12-9(13-6-8)11-4-7-2-1-3-10-7/h5-7,10H,1-4H2,(H,11,12,13). The molecule has 2 rings (SSSR count). The average molecular weight is 223 g/mol. The first-order valence-corrected chi connectivity index (χ1v) is 5.19. The van der Waals surface area contributed by atoms with Crippen LogP contribution in [-0.2, 0) is 0 Å². The molecule has 16 heavy (non-hydrogen) atoms. The summed E-state index contributed by atoms with van der Waals surface area (Å²) in [5.41, 5.74) is -0.0930. The second-order valence-electron chi connectivity index (χ2n) is 3.70. The van der Waals surface area contributed by atoms with Gasteiger partial charge >= 0.3 is 5.69 Å². The zero-order chi connectivity index (χ0) is 11.4. The molecule has 0 amide bonds. The third-order valence-electron chi connectivity index (χ3n) is 2.52. The summed E-state index contributed by atoms with van der Waals surface area (Å²) >= 11 is 0. The van der Waals surface area contributed by atoms with Crippen LogP contribution in [0, 0.1) is 10.1 Å². The van der Waals surface area contributed by atoms with Crippen molar-refractivity contribution in [3.63, 3.8) is 0 Å². The van der Waals surface area contributed by atoms with E-state index in [-0.39, 0.29) is 5.69 Å². The quantitative estimate of drug-likeness (QED) is 0.572. The van der Waals surface area contributed by atoms with Crippen molar-refractivity contribution in [3.8, 4) is 0 Å². The molecule has 1 aromatic rings. The van der Waals surface area contributed by atoms with Crippen LogP contribution in [-0.4, -0.2) is 34.0 Å². The molecule has 0 aromatic carbocycles. The van der Waals surface area contributed by atoms with Gasteiger partial charge in [-0.1, -0.05) is 0 Å². The van der Waals surface area contributed by atoms with Gasteiger partial charge in [0, 0.05) is 12.6 Å². The van der Waals surface area contributed by atoms with Crippen LogP contribution in [0.25, 0.3) is 0 Å². The van der Waals surface area contributed by atoms with Crippen molar-refractivity contribution in [2.75, 3.05) is 18.4 Å². The average Bonchev–Trinajstić information content (AvgIpc) is 2.80. The fourth-order valence-electron chi connectivity index (χ4n) is 1.65. The summed E-state index contributed by atoms with van der Waals surface area (Å²) in [4.78, 5) is 17.6. The predicted molar refractivity (Wildman–Crippen MR) is 58.2 cm³/mol. The maximum Gasteiger partial charge on any atom is 0.305 e. The number of nitrogens with zero attached hydrogens (tertiary/aromatic N) is 3. The van der Waals surface area contributed by atoms with Crippen LogP contribution in [0.4, 0.5) is 11.6 Å². The highest BCUT2D eigenvalue weighted by Crippen LogP contribution is 2.09. The number of aromatic nitrogens is 2. The van der Waals surface area contributed by atoms with E-state index in [4.69, 9.17) is 0 Å². The summed E-state index contributed by atoms with van der Waals surface area (Å²) in [5.74, 6) is 0.430. The molecule has 1 aliphatic heterocycles. The molecule has 86 valence electrons. The van der Waals surface area contributed by atoms with Gasteiger partial charge in [0.25, 0.3) is 0 Å². The number of rotatable bonds is 4. The van der Waals surface area contributed by atoms with E-state index in [0.717, 1.165) is 19.5 Å². The lowest BCUT2D eigenvalue weighted by Gasteiger charge is -2.10. The monoisotopic (exact) mass is 223 g/mol. The van der Waals surface area contributed by atoms with Gasteiger partial charge in [-0.25, -0.2) is 9.97 Å². The third-order valence-corrected chi connectivity index (χ3v) is 2.52. The normalized spacial score (nSPS) is 19.6. The van der Waals surface area contributed by atoms with Gasteiger partial charge < -0.3 is 10.6 Å². The summed E-state index contributed by atoms with van der Waals surface area (Å²) in [7, 11) is 0. The van der Waals surface area contributed by atoms with Crippen molar-refractivity contribution < 1.29 is 4.92 Å². The molecule has 0 radical (unpaired) electrons. The van der Waals surface area contributed by atoms with E-state index in [9.17, 15) is 10.1 Å². The van der Waals surface area contributed by atoms with Gasteiger partial charge in [0.2, 0.25) is 5.95 Å². The maximum atomic E-state index is 10.4.